The Labute approximate surface area is 215 Å². The monoisotopic (exact) mass is 551 g/mol. The maximum Gasteiger partial charge on any atom is 0.308 e. The smallest absolute Gasteiger partial charge is 0.308 e. The lowest BCUT2D eigenvalue weighted by atomic mass is 9.95. The summed E-state index contributed by atoms with van der Waals surface area (Å²) in [5, 5.41) is 11.3. The molecule has 1 saturated heterocycles. The zero-order valence-electron chi connectivity index (χ0n) is 19.7. The summed E-state index contributed by atoms with van der Waals surface area (Å²) >= 11 is 3.39. The number of ether oxygens (including phenoxy) is 3. The van der Waals surface area contributed by atoms with E-state index < -0.39 is 23.7 Å². The summed E-state index contributed by atoms with van der Waals surface area (Å²) in [5.74, 6) is -1.10. The van der Waals surface area contributed by atoms with Gasteiger partial charge in [0, 0.05) is 24.2 Å². The van der Waals surface area contributed by atoms with Gasteiger partial charge >= 0.3 is 5.97 Å². The average molecular weight is 552 g/mol. The van der Waals surface area contributed by atoms with Gasteiger partial charge in [-0.15, -0.1) is 0 Å². The van der Waals surface area contributed by atoms with Gasteiger partial charge in [-0.3, -0.25) is 19.3 Å². The number of aliphatic hydroxyl groups excluding tert-OH is 1. The van der Waals surface area contributed by atoms with E-state index in [-0.39, 0.29) is 11.3 Å². The topological polar surface area (TPSA) is 102 Å². The van der Waals surface area contributed by atoms with Crippen molar-refractivity contribution in [3.8, 4) is 17.2 Å². The number of carbonyl (C=O) groups excluding carboxylic acids is 3. The van der Waals surface area contributed by atoms with Gasteiger partial charge in [-0.2, -0.15) is 0 Å². The van der Waals surface area contributed by atoms with E-state index in [0.29, 0.717) is 38.5 Å². The average Bonchev–Trinajstić information content (AvgIpc) is 3.14. The number of nitrogens with zero attached hydrogens (tertiary/aromatic N) is 1. The van der Waals surface area contributed by atoms with Crippen LogP contribution in [-0.2, 0) is 14.4 Å². The van der Waals surface area contributed by atoms with Gasteiger partial charge in [0.1, 0.15) is 23.0 Å². The van der Waals surface area contributed by atoms with Crippen molar-refractivity contribution in [3.63, 3.8) is 0 Å². The number of halogens is 1. The van der Waals surface area contributed by atoms with Crippen LogP contribution in [0.25, 0.3) is 5.76 Å². The highest BCUT2D eigenvalue weighted by Gasteiger charge is 2.47. The molecule has 0 radical (unpaired) electrons. The number of carbonyl (C=O) groups is 3. The third-order valence-corrected chi connectivity index (χ3v) is 6.28. The molecule has 4 rings (SSSR count). The van der Waals surface area contributed by atoms with Crippen molar-refractivity contribution in [1.29, 1.82) is 0 Å². The van der Waals surface area contributed by atoms with Gasteiger partial charge in [0.2, 0.25) is 0 Å². The second-order valence-electron chi connectivity index (χ2n) is 7.88. The van der Waals surface area contributed by atoms with E-state index in [1.165, 1.54) is 26.0 Å². The summed E-state index contributed by atoms with van der Waals surface area (Å²) in [5.41, 5.74) is 1.19. The molecule has 0 aromatic heterocycles. The van der Waals surface area contributed by atoms with Gasteiger partial charge < -0.3 is 19.3 Å². The van der Waals surface area contributed by atoms with E-state index in [9.17, 15) is 19.5 Å². The van der Waals surface area contributed by atoms with Gasteiger partial charge in [0.05, 0.1) is 30.3 Å². The molecule has 36 heavy (non-hydrogen) atoms. The predicted octanol–water partition coefficient (Wildman–Crippen LogP) is 5.02. The molecular weight excluding hydrogens is 530 g/mol. The van der Waals surface area contributed by atoms with E-state index in [0.717, 1.165) is 0 Å². The summed E-state index contributed by atoms with van der Waals surface area (Å²) in [6.45, 7) is 1.29. The molecule has 0 aliphatic carbocycles. The Balaban J connectivity index is 1.91. The normalized spacial score (nSPS) is 16.7. The molecular formula is C27H22BrNO7. The summed E-state index contributed by atoms with van der Waals surface area (Å²) in [6.07, 6.45) is 0. The second kappa shape index (κ2) is 10.2. The first-order valence-electron chi connectivity index (χ1n) is 10.8. The molecule has 8 nitrogen and oxygen atoms in total. The first kappa shape index (κ1) is 25.0. The van der Waals surface area contributed by atoms with Crippen LogP contribution in [0.3, 0.4) is 0 Å². The zero-order valence-corrected chi connectivity index (χ0v) is 21.2. The summed E-state index contributed by atoms with van der Waals surface area (Å²) < 4.78 is 16.2. The highest BCUT2D eigenvalue weighted by Crippen LogP contribution is 2.43. The van der Waals surface area contributed by atoms with Crippen molar-refractivity contribution in [3.05, 3.63) is 87.9 Å². The van der Waals surface area contributed by atoms with Gasteiger partial charge in [0.15, 0.2) is 0 Å². The first-order valence-corrected chi connectivity index (χ1v) is 11.6. The first-order chi connectivity index (χ1) is 17.2. The molecule has 1 N–H and O–H groups in total. The molecule has 1 aliphatic rings. The van der Waals surface area contributed by atoms with Crippen LogP contribution < -0.4 is 19.1 Å². The molecule has 1 atom stereocenters. The van der Waals surface area contributed by atoms with Gasteiger partial charge in [0.25, 0.3) is 11.7 Å². The Morgan fingerprint density at radius 2 is 1.67 bits per heavy atom. The minimum atomic E-state index is -0.954. The maximum atomic E-state index is 13.3. The van der Waals surface area contributed by atoms with Gasteiger partial charge in [-0.1, -0.05) is 18.2 Å². The molecule has 3 aromatic rings. The van der Waals surface area contributed by atoms with Crippen molar-refractivity contribution in [1.82, 2.24) is 0 Å². The lowest BCUT2D eigenvalue weighted by molar-refractivity contribution is -0.132. The van der Waals surface area contributed by atoms with Crippen molar-refractivity contribution in [2.24, 2.45) is 0 Å². The van der Waals surface area contributed by atoms with E-state index in [4.69, 9.17) is 14.2 Å². The fourth-order valence-electron chi connectivity index (χ4n) is 4.03. The summed E-state index contributed by atoms with van der Waals surface area (Å²) in [6, 6.07) is 17.0. The van der Waals surface area contributed by atoms with Crippen LogP contribution in [0.1, 0.15) is 24.1 Å². The van der Waals surface area contributed by atoms with Crippen molar-refractivity contribution in [2.45, 2.75) is 13.0 Å². The standard InChI is InChI=1S/C27H22BrNO7/c1-15(30)36-19-10-7-16(8-11-19)24-23(25(31)17-9-12-22(35-3)21(28)13-17)26(32)27(33)29(24)18-5-4-6-20(14-18)34-2/h4-14,24,31H,1-3H3/b25-23+. The minimum Gasteiger partial charge on any atom is -0.507 e. The Morgan fingerprint density at radius 1 is 0.944 bits per heavy atom. The van der Waals surface area contributed by atoms with Crippen molar-refractivity contribution < 1.29 is 33.7 Å². The van der Waals surface area contributed by atoms with Crippen LogP contribution in [0.4, 0.5) is 5.69 Å². The number of hydrogen-bond acceptors (Lipinski definition) is 7. The number of benzene rings is 3. The van der Waals surface area contributed by atoms with E-state index in [1.807, 2.05) is 0 Å². The third-order valence-electron chi connectivity index (χ3n) is 5.66. The maximum absolute atomic E-state index is 13.3. The fraction of sp³-hybridized carbons (Fsp3) is 0.148. The third kappa shape index (κ3) is 4.70. The molecule has 0 saturated carbocycles. The lowest BCUT2D eigenvalue weighted by Crippen LogP contribution is -2.29. The second-order valence-corrected chi connectivity index (χ2v) is 8.74. The highest BCUT2D eigenvalue weighted by molar-refractivity contribution is 9.10. The number of methoxy groups -OCH3 is 2. The number of Topliss-reactive ketones (excluding diaryl/α,β-unsaturated/α-hetero) is 1. The largest absolute Gasteiger partial charge is 0.507 e. The van der Waals surface area contributed by atoms with Gasteiger partial charge in [-0.05, 0) is 64.0 Å². The minimum absolute atomic E-state index is 0.0832. The van der Waals surface area contributed by atoms with Crippen LogP contribution in [0, 0.1) is 0 Å². The van der Waals surface area contributed by atoms with Crippen molar-refractivity contribution >= 4 is 45.0 Å². The van der Waals surface area contributed by atoms with Crippen LogP contribution >= 0.6 is 15.9 Å². The Kier molecular flexibility index (Phi) is 7.12. The molecule has 0 bridgehead atoms. The number of hydrogen-bond donors (Lipinski definition) is 1. The molecule has 9 heteroatoms. The molecule has 184 valence electrons. The molecule has 1 amide bonds. The molecule has 1 aliphatic heterocycles. The Hall–Kier alpha value is -4.11. The highest BCUT2D eigenvalue weighted by atomic mass is 79.9. The number of amides is 1. The predicted molar refractivity (Wildman–Crippen MR) is 136 cm³/mol. The molecule has 1 unspecified atom stereocenters. The van der Waals surface area contributed by atoms with E-state index in [2.05, 4.69) is 15.9 Å². The number of rotatable bonds is 6. The van der Waals surface area contributed by atoms with Gasteiger partial charge in [-0.25, -0.2) is 0 Å². The molecule has 0 spiro atoms. The number of ketones is 1. The van der Waals surface area contributed by atoms with Crippen molar-refractivity contribution in [2.75, 3.05) is 19.1 Å². The number of esters is 1. The van der Waals surface area contributed by atoms with Crippen LogP contribution in [0.2, 0.25) is 0 Å². The van der Waals surface area contributed by atoms with E-state index >= 15 is 0 Å². The van der Waals surface area contributed by atoms with Crippen LogP contribution in [0.15, 0.2) is 76.8 Å². The quantitative estimate of drug-likeness (QED) is 0.151. The molecule has 1 fully saturated rings. The number of aliphatic hydroxyl groups is 1. The fourth-order valence-corrected chi connectivity index (χ4v) is 4.57. The Morgan fingerprint density at radius 3 is 2.28 bits per heavy atom. The summed E-state index contributed by atoms with van der Waals surface area (Å²) in [7, 11) is 3.01. The SMILES string of the molecule is COc1cccc(N2C(=O)C(=O)/C(=C(/O)c3ccc(OC)c(Br)c3)C2c2ccc(OC(C)=O)cc2)c1. The van der Waals surface area contributed by atoms with Crippen LogP contribution in [-0.4, -0.2) is 37.0 Å². The molecule has 3 aromatic carbocycles. The number of anilines is 1. The Bertz CT molecular complexity index is 1380. The lowest BCUT2D eigenvalue weighted by Gasteiger charge is -2.26. The summed E-state index contributed by atoms with van der Waals surface area (Å²) in [4.78, 5) is 39.3. The van der Waals surface area contributed by atoms with E-state index in [1.54, 1.807) is 66.7 Å². The zero-order chi connectivity index (χ0) is 26.0. The van der Waals surface area contributed by atoms with Crippen LogP contribution in [0.5, 0.6) is 17.2 Å². The molecule has 1 heterocycles.